The minimum atomic E-state index is -5.55. The van der Waals surface area contributed by atoms with Crippen LogP contribution in [0.4, 0.5) is 26.3 Å². The van der Waals surface area contributed by atoms with E-state index in [1.807, 2.05) is 0 Å². The number of benzene rings is 1. The monoisotopic (exact) mass is 290 g/mol. The summed E-state index contributed by atoms with van der Waals surface area (Å²) in [5.41, 5.74) is -2.00. The van der Waals surface area contributed by atoms with E-state index < -0.39 is 34.6 Å². The van der Waals surface area contributed by atoms with E-state index >= 15 is 0 Å². The molecule has 0 atom stereocenters. The van der Waals surface area contributed by atoms with Crippen LogP contribution in [-0.4, -0.2) is 17.6 Å². The van der Waals surface area contributed by atoms with Crippen molar-refractivity contribution in [2.24, 2.45) is 0 Å². The molecule has 18 heavy (non-hydrogen) atoms. The summed E-state index contributed by atoms with van der Waals surface area (Å²) < 4.78 is 74.8. The first-order chi connectivity index (χ1) is 8.05. The molecule has 100 valence electrons. The first-order valence-electron chi connectivity index (χ1n) is 4.47. The zero-order valence-electron chi connectivity index (χ0n) is 8.44. The van der Waals surface area contributed by atoms with Crippen molar-refractivity contribution in [2.45, 2.75) is 18.3 Å². The van der Waals surface area contributed by atoms with E-state index in [-0.39, 0.29) is 0 Å². The van der Waals surface area contributed by atoms with Gasteiger partial charge < -0.3 is 0 Å². The van der Waals surface area contributed by atoms with Crippen molar-refractivity contribution < 1.29 is 31.1 Å². The predicted molar refractivity (Wildman–Crippen MR) is 51.5 cm³/mol. The molecule has 0 aliphatic heterocycles. The Balaban J connectivity index is 3.45. The highest BCUT2D eigenvalue weighted by molar-refractivity contribution is 6.67. The van der Waals surface area contributed by atoms with Crippen molar-refractivity contribution in [3.8, 4) is 0 Å². The van der Waals surface area contributed by atoms with Gasteiger partial charge in [0.1, 0.15) is 0 Å². The number of rotatable bonds is 2. The lowest BCUT2D eigenvalue weighted by molar-refractivity contribution is -0.253. The molecule has 0 spiro atoms. The third kappa shape index (κ3) is 3.16. The molecule has 8 heteroatoms. The van der Waals surface area contributed by atoms with Gasteiger partial charge in [-0.15, -0.1) is 0 Å². The third-order valence-corrected chi connectivity index (χ3v) is 2.34. The summed E-state index contributed by atoms with van der Waals surface area (Å²) in [5.74, 6) is -3.73. The summed E-state index contributed by atoms with van der Waals surface area (Å²) in [4.78, 5) is 10.9. The fourth-order valence-corrected chi connectivity index (χ4v) is 1.64. The lowest BCUT2D eigenvalue weighted by atomic mass is 9.93. The Morgan fingerprint density at radius 1 is 1.00 bits per heavy atom. The van der Waals surface area contributed by atoms with Crippen LogP contribution >= 0.6 is 11.6 Å². The highest BCUT2D eigenvalue weighted by Crippen LogP contribution is 2.47. The van der Waals surface area contributed by atoms with Crippen molar-refractivity contribution in [3.63, 3.8) is 0 Å². The van der Waals surface area contributed by atoms with E-state index in [9.17, 15) is 31.1 Å². The van der Waals surface area contributed by atoms with Gasteiger partial charge in [0.15, 0.2) is 5.92 Å². The minimum Gasteiger partial charge on any atom is -0.276 e. The summed E-state index contributed by atoms with van der Waals surface area (Å²) >= 11 is 4.98. The summed E-state index contributed by atoms with van der Waals surface area (Å²) in [6, 6.07) is 3.50. The molecule has 0 fully saturated rings. The Kier molecular flexibility index (Phi) is 3.95. The predicted octanol–water partition coefficient (Wildman–Crippen LogP) is 4.27. The second-order valence-corrected chi connectivity index (χ2v) is 3.72. The molecule has 0 unspecified atom stereocenters. The molecule has 0 heterocycles. The zero-order chi connectivity index (χ0) is 14.1. The highest BCUT2D eigenvalue weighted by Gasteiger charge is 2.58. The summed E-state index contributed by atoms with van der Waals surface area (Å²) in [6.07, 6.45) is -11.1. The second-order valence-electron chi connectivity index (χ2n) is 3.38. The van der Waals surface area contributed by atoms with Gasteiger partial charge in [0, 0.05) is 5.56 Å². The molecule has 1 rings (SSSR count). The van der Waals surface area contributed by atoms with E-state index in [0.717, 1.165) is 18.2 Å². The van der Waals surface area contributed by atoms with Gasteiger partial charge in [0.05, 0.1) is 0 Å². The SMILES string of the molecule is O=C(Cl)c1ccccc1C(C(F)(F)F)C(F)(F)F. The minimum absolute atomic E-state index is 0.585. The van der Waals surface area contributed by atoms with Gasteiger partial charge in [-0.3, -0.25) is 4.79 Å². The fraction of sp³-hybridized carbons (Fsp3) is 0.300. The van der Waals surface area contributed by atoms with Crippen LogP contribution in [0.3, 0.4) is 0 Å². The third-order valence-electron chi connectivity index (χ3n) is 2.14. The molecule has 0 aliphatic rings. The number of carbonyl (C=O) groups is 1. The maximum Gasteiger partial charge on any atom is 0.404 e. The maximum atomic E-state index is 12.5. The Labute approximate surface area is 102 Å². The summed E-state index contributed by atoms with van der Waals surface area (Å²) in [6.45, 7) is 0. The number of hydrogen-bond donors (Lipinski definition) is 0. The van der Waals surface area contributed by atoms with Crippen LogP contribution in [0.2, 0.25) is 0 Å². The van der Waals surface area contributed by atoms with Gasteiger partial charge in [-0.05, 0) is 23.2 Å². The van der Waals surface area contributed by atoms with Crippen LogP contribution in [0.5, 0.6) is 0 Å². The van der Waals surface area contributed by atoms with E-state index in [4.69, 9.17) is 11.6 Å². The van der Waals surface area contributed by atoms with E-state index in [1.165, 1.54) is 0 Å². The smallest absolute Gasteiger partial charge is 0.276 e. The van der Waals surface area contributed by atoms with E-state index in [0.29, 0.717) is 6.07 Å². The molecule has 1 aromatic rings. The van der Waals surface area contributed by atoms with Gasteiger partial charge in [-0.25, -0.2) is 0 Å². The number of halogens is 7. The molecule has 0 aliphatic carbocycles. The Morgan fingerprint density at radius 3 is 1.83 bits per heavy atom. The lowest BCUT2D eigenvalue weighted by Crippen LogP contribution is -2.35. The fourth-order valence-electron chi connectivity index (χ4n) is 1.47. The largest absolute Gasteiger partial charge is 0.404 e. The van der Waals surface area contributed by atoms with Gasteiger partial charge in [0.25, 0.3) is 5.24 Å². The molecule has 1 aromatic carbocycles. The van der Waals surface area contributed by atoms with Crippen molar-refractivity contribution in [1.29, 1.82) is 0 Å². The number of hydrogen-bond acceptors (Lipinski definition) is 1. The van der Waals surface area contributed by atoms with Crippen molar-refractivity contribution in [3.05, 3.63) is 35.4 Å². The molecule has 1 nitrogen and oxygen atoms in total. The molecule has 0 saturated heterocycles. The van der Waals surface area contributed by atoms with Gasteiger partial charge in [-0.2, -0.15) is 26.3 Å². The molecule has 0 aromatic heterocycles. The Bertz CT molecular complexity index is 436. The van der Waals surface area contributed by atoms with Gasteiger partial charge >= 0.3 is 12.4 Å². The average molecular weight is 291 g/mol. The first-order valence-corrected chi connectivity index (χ1v) is 4.85. The number of alkyl halides is 6. The van der Waals surface area contributed by atoms with Crippen LogP contribution in [0, 0.1) is 0 Å². The topological polar surface area (TPSA) is 17.1 Å². The van der Waals surface area contributed by atoms with Crippen LogP contribution in [0.1, 0.15) is 21.8 Å². The molecular weight excluding hydrogens is 286 g/mol. The molecule has 0 N–H and O–H groups in total. The molecule has 0 saturated carbocycles. The normalized spacial score (nSPS) is 12.9. The van der Waals surface area contributed by atoms with Crippen LogP contribution in [0.15, 0.2) is 24.3 Å². The summed E-state index contributed by atoms with van der Waals surface area (Å²) in [7, 11) is 0. The first kappa shape index (κ1) is 14.8. The van der Waals surface area contributed by atoms with Crippen LogP contribution in [0.25, 0.3) is 0 Å². The molecule has 0 radical (unpaired) electrons. The molecule has 0 amide bonds. The zero-order valence-corrected chi connectivity index (χ0v) is 9.20. The summed E-state index contributed by atoms with van der Waals surface area (Å²) in [5, 5.41) is -1.37. The lowest BCUT2D eigenvalue weighted by Gasteiger charge is -2.24. The van der Waals surface area contributed by atoms with Gasteiger partial charge in [-0.1, -0.05) is 18.2 Å². The standard InChI is InChI=1S/C10H5ClF6O/c11-8(18)6-4-2-1-3-5(6)7(9(12,13)14)10(15,16)17/h1-4,7H. The Hall–Kier alpha value is -1.24. The maximum absolute atomic E-state index is 12.5. The molecule has 0 bridgehead atoms. The van der Waals surface area contributed by atoms with Crippen molar-refractivity contribution in [2.75, 3.05) is 0 Å². The van der Waals surface area contributed by atoms with Crippen molar-refractivity contribution >= 4 is 16.8 Å². The number of carbonyl (C=O) groups excluding carboxylic acids is 1. The van der Waals surface area contributed by atoms with Crippen LogP contribution in [-0.2, 0) is 0 Å². The van der Waals surface area contributed by atoms with Crippen LogP contribution < -0.4 is 0 Å². The highest BCUT2D eigenvalue weighted by atomic mass is 35.5. The quantitative estimate of drug-likeness (QED) is 0.587. The second kappa shape index (κ2) is 4.79. The average Bonchev–Trinajstić information content (AvgIpc) is 2.13. The Morgan fingerprint density at radius 2 is 1.44 bits per heavy atom. The van der Waals surface area contributed by atoms with E-state index in [1.54, 1.807) is 0 Å². The van der Waals surface area contributed by atoms with Crippen molar-refractivity contribution in [1.82, 2.24) is 0 Å². The molecular formula is C10H5ClF6O. The van der Waals surface area contributed by atoms with Gasteiger partial charge in [0.2, 0.25) is 0 Å². The van der Waals surface area contributed by atoms with E-state index in [2.05, 4.69) is 0 Å².